The quantitative estimate of drug-likeness (QED) is 0.889. The van der Waals surface area contributed by atoms with Gasteiger partial charge in [-0.1, -0.05) is 19.8 Å². The number of thiophene rings is 1. The lowest BCUT2D eigenvalue weighted by Crippen LogP contribution is -2.50. The Morgan fingerprint density at radius 1 is 1.50 bits per heavy atom. The first-order valence-electron chi connectivity index (χ1n) is 8.37. The van der Waals surface area contributed by atoms with E-state index in [4.69, 9.17) is 4.74 Å². The zero-order valence-corrected chi connectivity index (χ0v) is 14.1. The maximum absolute atomic E-state index is 12.1. The zero-order valence-electron chi connectivity index (χ0n) is 13.3. The van der Waals surface area contributed by atoms with Gasteiger partial charge in [0, 0.05) is 19.2 Å². The molecule has 2 amide bonds. The Hall–Kier alpha value is -1.07. The summed E-state index contributed by atoms with van der Waals surface area (Å²) < 4.78 is 6.01. The van der Waals surface area contributed by atoms with Gasteiger partial charge in [-0.05, 0) is 54.0 Å². The van der Waals surface area contributed by atoms with E-state index in [0.717, 1.165) is 32.3 Å². The number of carbonyl (C=O) groups excluding carboxylic acids is 1. The lowest BCUT2D eigenvalue weighted by Gasteiger charge is -2.38. The van der Waals surface area contributed by atoms with E-state index in [1.807, 2.05) is 0 Å². The van der Waals surface area contributed by atoms with Crippen LogP contribution in [-0.2, 0) is 4.74 Å². The standard InChI is InChI=1S/C17H26N2O2S/c1-13(14-5-9-22-12-14)11-18-16(20)19-15-4-8-21-17(10-15)6-2-3-7-17/h5,9,12-13,15H,2-4,6-8,10-11H2,1H3,(H2,18,19,20)/t13-,15-/m0/s1. The molecule has 1 saturated heterocycles. The van der Waals surface area contributed by atoms with Crippen LogP contribution in [0.4, 0.5) is 4.79 Å². The number of nitrogens with one attached hydrogen (secondary N) is 2. The van der Waals surface area contributed by atoms with Crippen molar-refractivity contribution in [1.82, 2.24) is 10.6 Å². The number of amides is 2. The lowest BCUT2D eigenvalue weighted by molar-refractivity contribution is -0.0820. The largest absolute Gasteiger partial charge is 0.375 e. The van der Waals surface area contributed by atoms with Crippen LogP contribution in [0.3, 0.4) is 0 Å². The van der Waals surface area contributed by atoms with Gasteiger partial charge in [0.05, 0.1) is 5.60 Å². The molecule has 22 heavy (non-hydrogen) atoms. The van der Waals surface area contributed by atoms with Crippen molar-refractivity contribution < 1.29 is 9.53 Å². The Morgan fingerprint density at radius 3 is 3.05 bits per heavy atom. The van der Waals surface area contributed by atoms with Crippen LogP contribution in [0.25, 0.3) is 0 Å². The van der Waals surface area contributed by atoms with Crippen LogP contribution < -0.4 is 10.6 Å². The fraction of sp³-hybridized carbons (Fsp3) is 0.706. The molecule has 1 aromatic rings. The van der Waals surface area contributed by atoms with Gasteiger partial charge >= 0.3 is 6.03 Å². The first-order valence-corrected chi connectivity index (χ1v) is 9.32. The first kappa shape index (κ1) is 15.8. The molecule has 2 atom stereocenters. The van der Waals surface area contributed by atoms with E-state index in [0.29, 0.717) is 12.5 Å². The molecule has 2 fully saturated rings. The Morgan fingerprint density at radius 2 is 2.32 bits per heavy atom. The molecule has 0 aromatic carbocycles. The van der Waals surface area contributed by atoms with Crippen molar-refractivity contribution in [3.8, 4) is 0 Å². The van der Waals surface area contributed by atoms with Crippen molar-refractivity contribution >= 4 is 17.4 Å². The summed E-state index contributed by atoms with van der Waals surface area (Å²) in [7, 11) is 0. The minimum Gasteiger partial charge on any atom is -0.375 e. The normalized spacial score (nSPS) is 25.0. The molecule has 0 bridgehead atoms. The molecule has 2 heterocycles. The van der Waals surface area contributed by atoms with Crippen LogP contribution in [0, 0.1) is 0 Å². The number of rotatable bonds is 4. The third-order valence-electron chi connectivity index (χ3n) is 5.02. The van der Waals surface area contributed by atoms with Crippen LogP contribution >= 0.6 is 11.3 Å². The summed E-state index contributed by atoms with van der Waals surface area (Å²) in [5, 5.41) is 10.4. The van der Waals surface area contributed by atoms with Gasteiger partial charge < -0.3 is 15.4 Å². The van der Waals surface area contributed by atoms with Crippen LogP contribution in [0.5, 0.6) is 0 Å². The molecule has 0 unspecified atom stereocenters. The summed E-state index contributed by atoms with van der Waals surface area (Å²) in [6, 6.07) is 2.34. The predicted octanol–water partition coefficient (Wildman–Crippen LogP) is 3.64. The lowest BCUT2D eigenvalue weighted by atomic mass is 9.89. The minimum atomic E-state index is -0.0397. The maximum Gasteiger partial charge on any atom is 0.315 e. The minimum absolute atomic E-state index is 0.0397. The second-order valence-corrected chi connectivity index (χ2v) is 7.52. The average Bonchev–Trinajstić information content (AvgIpc) is 3.17. The van der Waals surface area contributed by atoms with E-state index in [-0.39, 0.29) is 17.7 Å². The summed E-state index contributed by atoms with van der Waals surface area (Å²) >= 11 is 1.70. The molecule has 4 nitrogen and oxygen atoms in total. The van der Waals surface area contributed by atoms with Gasteiger partial charge in [0.15, 0.2) is 0 Å². The Balaban J connectivity index is 1.43. The summed E-state index contributed by atoms with van der Waals surface area (Å²) in [5.74, 6) is 0.355. The smallest absolute Gasteiger partial charge is 0.315 e. The summed E-state index contributed by atoms with van der Waals surface area (Å²) in [6.07, 6.45) is 6.73. The maximum atomic E-state index is 12.1. The van der Waals surface area contributed by atoms with Crippen molar-refractivity contribution in [1.29, 1.82) is 0 Å². The van der Waals surface area contributed by atoms with Gasteiger partial charge in [-0.2, -0.15) is 11.3 Å². The molecule has 1 aliphatic heterocycles. The number of hydrogen-bond donors (Lipinski definition) is 2. The van der Waals surface area contributed by atoms with Gasteiger partial charge in [-0.15, -0.1) is 0 Å². The molecule has 122 valence electrons. The SMILES string of the molecule is C[C@@H](CNC(=O)N[C@H]1CCOC2(CCCC2)C1)c1ccsc1. The first-order chi connectivity index (χ1) is 10.7. The van der Waals surface area contributed by atoms with Gasteiger partial charge in [0.25, 0.3) is 0 Å². The Kier molecular flexibility index (Phi) is 5.03. The highest BCUT2D eigenvalue weighted by atomic mass is 32.1. The monoisotopic (exact) mass is 322 g/mol. The van der Waals surface area contributed by atoms with Crippen LogP contribution in [-0.4, -0.2) is 30.8 Å². The Labute approximate surface area is 136 Å². The van der Waals surface area contributed by atoms with E-state index in [1.165, 1.54) is 18.4 Å². The number of carbonyl (C=O) groups is 1. The summed E-state index contributed by atoms with van der Waals surface area (Å²) in [5.41, 5.74) is 1.35. The Bertz CT molecular complexity index is 483. The number of urea groups is 1. The fourth-order valence-electron chi connectivity index (χ4n) is 3.67. The van der Waals surface area contributed by atoms with E-state index < -0.39 is 0 Å². The molecular weight excluding hydrogens is 296 g/mol. The second-order valence-electron chi connectivity index (χ2n) is 6.74. The van der Waals surface area contributed by atoms with E-state index in [2.05, 4.69) is 34.4 Å². The van der Waals surface area contributed by atoms with Crippen molar-refractivity contribution in [2.45, 2.75) is 63.0 Å². The van der Waals surface area contributed by atoms with Crippen molar-refractivity contribution in [2.75, 3.05) is 13.2 Å². The van der Waals surface area contributed by atoms with Gasteiger partial charge in [-0.25, -0.2) is 4.79 Å². The molecule has 1 spiro atoms. The summed E-state index contributed by atoms with van der Waals surface area (Å²) in [6.45, 7) is 3.59. The van der Waals surface area contributed by atoms with Crippen LogP contribution in [0.2, 0.25) is 0 Å². The molecule has 5 heteroatoms. The predicted molar refractivity (Wildman–Crippen MR) is 89.4 cm³/mol. The molecule has 0 radical (unpaired) electrons. The molecule has 1 aliphatic carbocycles. The van der Waals surface area contributed by atoms with Crippen LogP contribution in [0.1, 0.15) is 56.9 Å². The number of hydrogen-bond acceptors (Lipinski definition) is 3. The van der Waals surface area contributed by atoms with Crippen molar-refractivity contribution in [3.05, 3.63) is 22.4 Å². The third-order valence-corrected chi connectivity index (χ3v) is 5.73. The van der Waals surface area contributed by atoms with Gasteiger partial charge in [-0.3, -0.25) is 0 Å². The summed E-state index contributed by atoms with van der Waals surface area (Å²) in [4.78, 5) is 12.1. The molecular formula is C17H26N2O2S. The van der Waals surface area contributed by atoms with E-state index in [1.54, 1.807) is 11.3 Å². The van der Waals surface area contributed by atoms with E-state index in [9.17, 15) is 4.79 Å². The third kappa shape index (κ3) is 3.82. The molecule has 1 aromatic heterocycles. The van der Waals surface area contributed by atoms with Crippen molar-refractivity contribution in [2.24, 2.45) is 0 Å². The highest BCUT2D eigenvalue weighted by Gasteiger charge is 2.40. The molecule has 1 saturated carbocycles. The topological polar surface area (TPSA) is 50.4 Å². The van der Waals surface area contributed by atoms with Crippen LogP contribution in [0.15, 0.2) is 16.8 Å². The zero-order chi connectivity index (χ0) is 15.4. The van der Waals surface area contributed by atoms with Gasteiger partial charge in [0.1, 0.15) is 0 Å². The number of ether oxygens (including phenoxy) is 1. The second kappa shape index (κ2) is 7.01. The van der Waals surface area contributed by atoms with Gasteiger partial charge in [0.2, 0.25) is 0 Å². The molecule has 3 rings (SSSR count). The highest BCUT2D eigenvalue weighted by molar-refractivity contribution is 7.07. The fourth-order valence-corrected chi connectivity index (χ4v) is 4.46. The molecule has 2 N–H and O–H groups in total. The highest BCUT2D eigenvalue weighted by Crippen LogP contribution is 2.39. The average molecular weight is 322 g/mol. The van der Waals surface area contributed by atoms with E-state index >= 15 is 0 Å². The van der Waals surface area contributed by atoms with Crippen molar-refractivity contribution in [3.63, 3.8) is 0 Å². The molecule has 2 aliphatic rings.